The van der Waals surface area contributed by atoms with Crippen LogP contribution in [0.4, 0.5) is 17.5 Å². The van der Waals surface area contributed by atoms with Gasteiger partial charge in [0, 0.05) is 32.2 Å². The van der Waals surface area contributed by atoms with Gasteiger partial charge in [0.25, 0.3) is 0 Å². The third-order valence-corrected chi connectivity index (χ3v) is 4.09. The average Bonchev–Trinajstić information content (AvgIpc) is 3.18. The lowest BCUT2D eigenvalue weighted by Gasteiger charge is -2.16. The van der Waals surface area contributed by atoms with Crippen molar-refractivity contribution in [1.82, 2.24) is 14.9 Å². The molecule has 0 aromatic carbocycles. The topological polar surface area (TPSA) is 96.2 Å². The van der Waals surface area contributed by atoms with E-state index in [9.17, 15) is 10.1 Å². The fraction of sp³-hybridized carbons (Fsp3) is 0.692. The van der Waals surface area contributed by atoms with E-state index in [1.807, 2.05) is 0 Å². The molecule has 1 aromatic heterocycles. The van der Waals surface area contributed by atoms with Crippen molar-refractivity contribution in [2.75, 3.05) is 30.8 Å². The molecule has 1 aliphatic carbocycles. The second-order valence-electron chi connectivity index (χ2n) is 5.69. The lowest BCUT2D eigenvalue weighted by molar-refractivity contribution is -0.385. The van der Waals surface area contributed by atoms with Gasteiger partial charge in [-0.3, -0.25) is 15.0 Å². The summed E-state index contributed by atoms with van der Waals surface area (Å²) in [5.41, 5.74) is 0.345. The number of nitro groups is 1. The molecule has 1 saturated carbocycles. The standard InChI is InChI=1S/C13H20N6O2/c1-8-11(19(20)21)12(17-13(14-2)15-8)16-9-5-6-18(7-9)10-3-4-10/h9-10H,3-7H2,1-2H3,(H2,14,15,16,17). The Morgan fingerprint density at radius 3 is 2.71 bits per heavy atom. The molecule has 1 saturated heterocycles. The smallest absolute Gasteiger partial charge is 0.332 e. The number of aromatic nitrogens is 2. The third kappa shape index (κ3) is 2.90. The molecule has 2 aliphatic rings. The van der Waals surface area contributed by atoms with E-state index < -0.39 is 4.92 Å². The van der Waals surface area contributed by atoms with Crippen molar-refractivity contribution in [3.8, 4) is 0 Å². The molecule has 0 radical (unpaired) electrons. The van der Waals surface area contributed by atoms with Crippen molar-refractivity contribution in [1.29, 1.82) is 0 Å². The molecule has 8 heteroatoms. The molecule has 1 aromatic rings. The monoisotopic (exact) mass is 292 g/mol. The van der Waals surface area contributed by atoms with Crippen LogP contribution in [-0.2, 0) is 0 Å². The van der Waals surface area contributed by atoms with Crippen LogP contribution in [0.15, 0.2) is 0 Å². The molecular formula is C13H20N6O2. The number of hydrogen-bond acceptors (Lipinski definition) is 7. The molecule has 2 N–H and O–H groups in total. The van der Waals surface area contributed by atoms with Crippen molar-refractivity contribution < 1.29 is 4.92 Å². The van der Waals surface area contributed by atoms with Crippen molar-refractivity contribution in [3.63, 3.8) is 0 Å². The number of rotatable bonds is 5. The van der Waals surface area contributed by atoms with Gasteiger partial charge in [0.1, 0.15) is 5.69 Å². The van der Waals surface area contributed by atoms with Crippen LogP contribution in [0.25, 0.3) is 0 Å². The first-order valence-electron chi connectivity index (χ1n) is 7.30. The van der Waals surface area contributed by atoms with Gasteiger partial charge < -0.3 is 10.6 Å². The minimum atomic E-state index is -0.412. The second kappa shape index (κ2) is 5.44. The van der Waals surface area contributed by atoms with Crippen molar-refractivity contribution >= 4 is 17.5 Å². The molecule has 0 amide bonds. The van der Waals surface area contributed by atoms with Gasteiger partial charge in [0.2, 0.25) is 11.8 Å². The van der Waals surface area contributed by atoms with Gasteiger partial charge in [0.15, 0.2) is 0 Å². The summed E-state index contributed by atoms with van der Waals surface area (Å²) in [5.74, 6) is 0.720. The highest BCUT2D eigenvalue weighted by atomic mass is 16.6. The lowest BCUT2D eigenvalue weighted by Crippen LogP contribution is -2.28. The van der Waals surface area contributed by atoms with E-state index in [4.69, 9.17) is 0 Å². The Kier molecular flexibility index (Phi) is 3.62. The molecule has 2 heterocycles. The predicted molar refractivity (Wildman–Crippen MR) is 79.6 cm³/mol. The van der Waals surface area contributed by atoms with Crippen molar-refractivity contribution in [2.24, 2.45) is 0 Å². The third-order valence-electron chi connectivity index (χ3n) is 4.09. The molecule has 8 nitrogen and oxygen atoms in total. The highest BCUT2D eigenvalue weighted by molar-refractivity contribution is 5.61. The molecule has 2 fully saturated rings. The first-order valence-corrected chi connectivity index (χ1v) is 7.30. The molecule has 3 rings (SSSR count). The fourth-order valence-corrected chi connectivity index (χ4v) is 2.87. The zero-order valence-corrected chi connectivity index (χ0v) is 12.3. The van der Waals surface area contributed by atoms with Crippen molar-refractivity contribution in [3.05, 3.63) is 15.8 Å². The van der Waals surface area contributed by atoms with Gasteiger partial charge in [-0.2, -0.15) is 4.98 Å². The molecule has 1 atom stereocenters. The zero-order valence-electron chi connectivity index (χ0n) is 12.3. The molecule has 114 valence electrons. The summed E-state index contributed by atoms with van der Waals surface area (Å²) < 4.78 is 0. The summed E-state index contributed by atoms with van der Waals surface area (Å²) in [4.78, 5) is 21.6. The maximum absolute atomic E-state index is 11.3. The van der Waals surface area contributed by atoms with E-state index in [2.05, 4.69) is 25.5 Å². The molecule has 0 spiro atoms. The minimum absolute atomic E-state index is 0.0288. The maximum Gasteiger partial charge on any atom is 0.332 e. The Morgan fingerprint density at radius 1 is 1.33 bits per heavy atom. The summed E-state index contributed by atoms with van der Waals surface area (Å²) in [5, 5.41) is 17.3. The van der Waals surface area contributed by atoms with Gasteiger partial charge in [-0.1, -0.05) is 0 Å². The van der Waals surface area contributed by atoms with Gasteiger partial charge in [-0.15, -0.1) is 0 Å². The summed E-state index contributed by atoms with van der Waals surface area (Å²) >= 11 is 0. The highest BCUT2D eigenvalue weighted by Gasteiger charge is 2.35. The number of nitrogens with zero attached hydrogens (tertiary/aromatic N) is 4. The Balaban J connectivity index is 1.80. The Hall–Kier alpha value is -1.96. The lowest BCUT2D eigenvalue weighted by atomic mass is 10.2. The zero-order chi connectivity index (χ0) is 15.0. The van der Waals surface area contributed by atoms with Crippen molar-refractivity contribution in [2.45, 2.75) is 38.3 Å². The van der Waals surface area contributed by atoms with Crippen LogP contribution < -0.4 is 10.6 Å². The van der Waals surface area contributed by atoms with Crippen LogP contribution in [0.2, 0.25) is 0 Å². The van der Waals surface area contributed by atoms with E-state index in [-0.39, 0.29) is 11.7 Å². The molecule has 21 heavy (non-hydrogen) atoms. The van der Waals surface area contributed by atoms with Gasteiger partial charge >= 0.3 is 5.69 Å². The summed E-state index contributed by atoms with van der Waals surface area (Å²) in [7, 11) is 1.70. The number of hydrogen-bond donors (Lipinski definition) is 2. The minimum Gasteiger partial charge on any atom is -0.360 e. The van der Waals surface area contributed by atoms with Crippen LogP contribution in [0, 0.1) is 17.0 Å². The van der Waals surface area contributed by atoms with Crippen LogP contribution in [-0.4, -0.2) is 52.0 Å². The van der Waals surface area contributed by atoms with Gasteiger partial charge in [0.05, 0.1) is 4.92 Å². The maximum atomic E-state index is 11.3. The van der Waals surface area contributed by atoms with E-state index in [0.717, 1.165) is 25.6 Å². The van der Waals surface area contributed by atoms with Crippen LogP contribution in [0.3, 0.4) is 0 Å². The van der Waals surface area contributed by atoms with Gasteiger partial charge in [-0.25, -0.2) is 4.98 Å². The van der Waals surface area contributed by atoms with E-state index in [1.165, 1.54) is 12.8 Å². The number of likely N-dealkylation sites (tertiary alicyclic amines) is 1. The first-order chi connectivity index (χ1) is 10.1. The Labute approximate surface area is 123 Å². The molecule has 1 unspecified atom stereocenters. The Morgan fingerprint density at radius 2 is 2.10 bits per heavy atom. The molecule has 0 bridgehead atoms. The predicted octanol–water partition coefficient (Wildman–Crippen LogP) is 1.38. The highest BCUT2D eigenvalue weighted by Crippen LogP contribution is 2.32. The second-order valence-corrected chi connectivity index (χ2v) is 5.69. The summed E-state index contributed by atoms with van der Waals surface area (Å²) in [6.45, 7) is 3.62. The normalized spacial score (nSPS) is 22.3. The Bertz CT molecular complexity index is 560. The van der Waals surface area contributed by atoms with E-state index in [0.29, 0.717) is 17.5 Å². The van der Waals surface area contributed by atoms with Gasteiger partial charge in [-0.05, 0) is 26.2 Å². The quantitative estimate of drug-likeness (QED) is 0.625. The molecule has 1 aliphatic heterocycles. The largest absolute Gasteiger partial charge is 0.360 e. The molecular weight excluding hydrogens is 272 g/mol. The SMILES string of the molecule is CNc1nc(C)c([N+](=O)[O-])c(NC2CCN(C3CC3)C2)n1. The number of nitrogens with one attached hydrogen (secondary N) is 2. The van der Waals surface area contributed by atoms with E-state index >= 15 is 0 Å². The summed E-state index contributed by atoms with van der Waals surface area (Å²) in [6.07, 6.45) is 3.55. The van der Waals surface area contributed by atoms with E-state index in [1.54, 1.807) is 14.0 Å². The fourth-order valence-electron chi connectivity index (χ4n) is 2.87. The van der Waals surface area contributed by atoms with Crippen LogP contribution in [0.1, 0.15) is 25.0 Å². The number of anilines is 2. The van der Waals surface area contributed by atoms with Crippen LogP contribution in [0.5, 0.6) is 0 Å². The number of aryl methyl sites for hydroxylation is 1. The average molecular weight is 292 g/mol. The first kappa shape index (κ1) is 14.0. The summed E-state index contributed by atoms with van der Waals surface area (Å²) in [6, 6.07) is 0.940. The van der Waals surface area contributed by atoms with Crippen LogP contribution >= 0.6 is 0 Å².